The molecule has 1 aromatic heterocycles. The van der Waals surface area contributed by atoms with Crippen LogP contribution in [0.15, 0.2) is 22.6 Å². The summed E-state index contributed by atoms with van der Waals surface area (Å²) in [5.74, 6) is 0.652. The molecule has 0 saturated heterocycles. The van der Waals surface area contributed by atoms with E-state index in [-0.39, 0.29) is 11.9 Å². The number of carbonyl (C=O) groups is 1. The van der Waals surface area contributed by atoms with Crippen LogP contribution in [-0.2, 0) is 22.4 Å². The minimum atomic E-state index is -0.138. The molecule has 18 heavy (non-hydrogen) atoms. The predicted molar refractivity (Wildman–Crippen MR) is 68.2 cm³/mol. The summed E-state index contributed by atoms with van der Waals surface area (Å²) in [6.07, 6.45) is 1.31. The molecule has 1 atom stereocenters. The highest BCUT2D eigenvalue weighted by Crippen LogP contribution is 2.36. The number of anilines is 1. The van der Waals surface area contributed by atoms with E-state index in [1.165, 1.54) is 0 Å². The van der Waals surface area contributed by atoms with Crippen LogP contribution in [0.25, 0.3) is 11.0 Å². The second kappa shape index (κ2) is 4.05. The number of fused-ring (bicyclic) bond motifs is 3. The van der Waals surface area contributed by atoms with Crippen LogP contribution in [0.4, 0.5) is 5.69 Å². The highest BCUT2D eigenvalue weighted by molar-refractivity contribution is 5.87. The fourth-order valence-electron chi connectivity index (χ4n) is 2.57. The molecule has 1 heterocycles. The summed E-state index contributed by atoms with van der Waals surface area (Å²) in [6, 6.07) is 5.61. The van der Waals surface area contributed by atoms with E-state index >= 15 is 0 Å². The van der Waals surface area contributed by atoms with E-state index in [1.807, 2.05) is 25.1 Å². The molecule has 4 heteroatoms. The van der Waals surface area contributed by atoms with Gasteiger partial charge in [0.25, 0.3) is 0 Å². The van der Waals surface area contributed by atoms with Gasteiger partial charge in [-0.2, -0.15) is 0 Å². The van der Waals surface area contributed by atoms with Gasteiger partial charge >= 0.3 is 5.97 Å². The van der Waals surface area contributed by atoms with Gasteiger partial charge in [-0.05, 0) is 31.5 Å². The van der Waals surface area contributed by atoms with Crippen molar-refractivity contribution in [3.05, 3.63) is 29.5 Å². The molecule has 1 aromatic carbocycles. The standard InChI is InChI=1S/C14H15NO3/c1-2-17-14(16)8-5-10-11-7-9(15)3-4-12(11)18-13(10)6-8/h3-4,7-8H,2,5-6,15H2,1H3. The summed E-state index contributed by atoms with van der Waals surface area (Å²) < 4.78 is 10.8. The van der Waals surface area contributed by atoms with Crippen molar-refractivity contribution in [2.45, 2.75) is 19.8 Å². The van der Waals surface area contributed by atoms with Crippen molar-refractivity contribution in [1.29, 1.82) is 0 Å². The second-order valence-electron chi connectivity index (χ2n) is 4.62. The molecule has 1 aliphatic carbocycles. The van der Waals surface area contributed by atoms with E-state index < -0.39 is 0 Å². The van der Waals surface area contributed by atoms with Crippen molar-refractivity contribution >= 4 is 22.6 Å². The molecule has 3 rings (SSSR count). The van der Waals surface area contributed by atoms with Gasteiger partial charge in [0.1, 0.15) is 11.3 Å². The average Bonchev–Trinajstić information content (AvgIpc) is 2.87. The summed E-state index contributed by atoms with van der Waals surface area (Å²) >= 11 is 0. The fraction of sp³-hybridized carbons (Fsp3) is 0.357. The Balaban J connectivity index is 1.94. The first kappa shape index (κ1) is 11.1. The SMILES string of the molecule is CCOC(=O)C1Cc2oc3ccc(N)cc3c2C1. The van der Waals surface area contributed by atoms with Crippen LogP contribution in [0, 0.1) is 5.92 Å². The Morgan fingerprint density at radius 1 is 1.50 bits per heavy atom. The van der Waals surface area contributed by atoms with E-state index in [0.717, 1.165) is 22.3 Å². The van der Waals surface area contributed by atoms with E-state index in [4.69, 9.17) is 14.9 Å². The van der Waals surface area contributed by atoms with Crippen LogP contribution in [0.2, 0.25) is 0 Å². The molecule has 94 valence electrons. The molecule has 1 aliphatic rings. The van der Waals surface area contributed by atoms with Crippen LogP contribution in [0.1, 0.15) is 18.2 Å². The number of ether oxygens (including phenoxy) is 1. The third-order valence-electron chi connectivity index (χ3n) is 3.40. The van der Waals surface area contributed by atoms with E-state index in [2.05, 4.69) is 0 Å². The van der Waals surface area contributed by atoms with E-state index in [9.17, 15) is 4.79 Å². The van der Waals surface area contributed by atoms with E-state index in [1.54, 1.807) is 0 Å². The minimum Gasteiger partial charge on any atom is -0.466 e. The third-order valence-corrected chi connectivity index (χ3v) is 3.40. The van der Waals surface area contributed by atoms with Crippen LogP contribution in [0.3, 0.4) is 0 Å². The van der Waals surface area contributed by atoms with E-state index in [0.29, 0.717) is 25.1 Å². The molecule has 0 radical (unpaired) electrons. The van der Waals surface area contributed by atoms with Gasteiger partial charge in [-0.25, -0.2) is 0 Å². The maximum Gasteiger partial charge on any atom is 0.309 e. The number of furan rings is 1. The molecule has 0 bridgehead atoms. The normalized spacial score (nSPS) is 17.9. The first-order valence-electron chi connectivity index (χ1n) is 6.15. The number of esters is 1. The van der Waals surface area contributed by atoms with Crippen molar-refractivity contribution in [2.24, 2.45) is 5.92 Å². The molecule has 0 spiro atoms. The van der Waals surface area contributed by atoms with Gasteiger partial charge in [0.05, 0.1) is 12.5 Å². The average molecular weight is 245 g/mol. The molecular formula is C14H15NO3. The maximum absolute atomic E-state index is 11.7. The topological polar surface area (TPSA) is 65.5 Å². The number of hydrogen-bond donors (Lipinski definition) is 1. The maximum atomic E-state index is 11.7. The largest absolute Gasteiger partial charge is 0.466 e. The van der Waals surface area contributed by atoms with Gasteiger partial charge in [0.15, 0.2) is 0 Å². The first-order chi connectivity index (χ1) is 8.69. The van der Waals surface area contributed by atoms with Gasteiger partial charge in [-0.3, -0.25) is 4.79 Å². The number of rotatable bonds is 2. The first-order valence-corrected chi connectivity index (χ1v) is 6.15. The zero-order valence-electron chi connectivity index (χ0n) is 10.2. The summed E-state index contributed by atoms with van der Waals surface area (Å²) in [7, 11) is 0. The Labute approximate surface area is 105 Å². The van der Waals surface area contributed by atoms with Crippen LogP contribution < -0.4 is 5.73 Å². The van der Waals surface area contributed by atoms with Crippen molar-refractivity contribution in [3.63, 3.8) is 0 Å². The third kappa shape index (κ3) is 1.65. The smallest absolute Gasteiger partial charge is 0.309 e. The van der Waals surface area contributed by atoms with Gasteiger partial charge in [0, 0.05) is 23.1 Å². The number of nitrogen functional groups attached to an aromatic ring is 1. The Kier molecular flexibility index (Phi) is 2.51. The van der Waals surface area contributed by atoms with Gasteiger partial charge in [0.2, 0.25) is 0 Å². The van der Waals surface area contributed by atoms with Crippen molar-refractivity contribution in [2.75, 3.05) is 12.3 Å². The lowest BCUT2D eigenvalue weighted by atomic mass is 10.1. The van der Waals surface area contributed by atoms with Gasteiger partial charge in [-0.1, -0.05) is 0 Å². The molecule has 2 N–H and O–H groups in total. The predicted octanol–water partition coefficient (Wildman–Crippen LogP) is 2.29. The summed E-state index contributed by atoms with van der Waals surface area (Å²) in [5.41, 5.74) is 8.45. The number of nitrogens with two attached hydrogens (primary N) is 1. The highest BCUT2D eigenvalue weighted by atomic mass is 16.5. The zero-order chi connectivity index (χ0) is 12.7. The number of hydrogen-bond acceptors (Lipinski definition) is 4. The summed E-state index contributed by atoms with van der Waals surface area (Å²) in [5, 5.41) is 1.02. The molecular weight excluding hydrogens is 230 g/mol. The lowest BCUT2D eigenvalue weighted by Crippen LogP contribution is -2.17. The van der Waals surface area contributed by atoms with Crippen LogP contribution in [-0.4, -0.2) is 12.6 Å². The van der Waals surface area contributed by atoms with Gasteiger partial charge in [-0.15, -0.1) is 0 Å². The van der Waals surface area contributed by atoms with Crippen molar-refractivity contribution in [3.8, 4) is 0 Å². The number of carbonyl (C=O) groups excluding carboxylic acids is 1. The Morgan fingerprint density at radius 3 is 3.11 bits per heavy atom. The Hall–Kier alpha value is -1.97. The molecule has 4 nitrogen and oxygen atoms in total. The molecule has 1 unspecified atom stereocenters. The molecule has 0 fully saturated rings. The van der Waals surface area contributed by atoms with Crippen molar-refractivity contribution < 1.29 is 13.9 Å². The quantitative estimate of drug-likeness (QED) is 0.651. The second-order valence-corrected chi connectivity index (χ2v) is 4.62. The Bertz CT molecular complexity index is 615. The number of benzene rings is 1. The van der Waals surface area contributed by atoms with Crippen LogP contribution in [0.5, 0.6) is 0 Å². The summed E-state index contributed by atoms with van der Waals surface area (Å²) in [4.78, 5) is 11.7. The van der Waals surface area contributed by atoms with Crippen LogP contribution >= 0.6 is 0 Å². The molecule has 0 aliphatic heterocycles. The highest BCUT2D eigenvalue weighted by Gasteiger charge is 2.32. The fourth-order valence-corrected chi connectivity index (χ4v) is 2.57. The zero-order valence-corrected chi connectivity index (χ0v) is 10.2. The van der Waals surface area contributed by atoms with Gasteiger partial charge < -0.3 is 14.9 Å². The lowest BCUT2D eigenvalue weighted by molar-refractivity contribution is -0.147. The summed E-state index contributed by atoms with van der Waals surface area (Å²) in [6.45, 7) is 2.24. The van der Waals surface area contributed by atoms with Crippen molar-refractivity contribution in [1.82, 2.24) is 0 Å². The Morgan fingerprint density at radius 2 is 2.33 bits per heavy atom. The minimum absolute atomic E-state index is 0.107. The molecule has 2 aromatic rings. The molecule has 0 saturated carbocycles. The lowest BCUT2D eigenvalue weighted by Gasteiger charge is -2.07. The monoisotopic (exact) mass is 245 g/mol. The molecule has 0 amide bonds.